The van der Waals surface area contributed by atoms with Gasteiger partial charge in [0.05, 0.1) is 12.6 Å². The summed E-state index contributed by atoms with van der Waals surface area (Å²) in [4.78, 5) is 29.0. The Morgan fingerprint density at radius 3 is 2.86 bits per heavy atom. The summed E-state index contributed by atoms with van der Waals surface area (Å²) in [5.41, 5.74) is 3.19. The molecule has 28 heavy (non-hydrogen) atoms. The van der Waals surface area contributed by atoms with Gasteiger partial charge < -0.3 is 15.0 Å². The van der Waals surface area contributed by atoms with Crippen molar-refractivity contribution in [3.63, 3.8) is 0 Å². The van der Waals surface area contributed by atoms with Gasteiger partial charge in [-0.15, -0.1) is 0 Å². The van der Waals surface area contributed by atoms with Gasteiger partial charge in [-0.3, -0.25) is 9.69 Å². The predicted molar refractivity (Wildman–Crippen MR) is 104 cm³/mol. The monoisotopic (exact) mass is 381 g/mol. The Morgan fingerprint density at radius 2 is 2.11 bits per heavy atom. The van der Waals surface area contributed by atoms with Crippen LogP contribution in [-0.2, 0) is 4.74 Å². The molecule has 1 aromatic heterocycles. The highest BCUT2D eigenvalue weighted by Crippen LogP contribution is 2.25. The summed E-state index contributed by atoms with van der Waals surface area (Å²) < 4.78 is 18.7. The van der Waals surface area contributed by atoms with Crippen molar-refractivity contribution in [3.8, 4) is 0 Å². The molecule has 0 bridgehead atoms. The number of benzene rings is 2. The number of hydrogen-bond acceptors (Lipinski definition) is 3. The number of carbonyl (C=O) groups is 2. The van der Waals surface area contributed by atoms with Crippen molar-refractivity contribution in [2.45, 2.75) is 19.9 Å². The maximum atomic E-state index is 13.7. The fourth-order valence-corrected chi connectivity index (χ4v) is 3.39. The molecule has 0 aliphatic carbocycles. The minimum absolute atomic E-state index is 0.282. The average molecular weight is 381 g/mol. The second-order valence-corrected chi connectivity index (χ2v) is 6.87. The number of ether oxygens (including phenoxy) is 1. The predicted octanol–water partition coefficient (Wildman–Crippen LogP) is 4.06. The number of anilines is 1. The van der Waals surface area contributed by atoms with Crippen LogP contribution in [0.15, 0.2) is 42.5 Å². The highest BCUT2D eigenvalue weighted by molar-refractivity contribution is 5.99. The number of hydrogen-bond donors (Lipinski definition) is 2. The van der Waals surface area contributed by atoms with Crippen molar-refractivity contribution in [2.24, 2.45) is 0 Å². The van der Waals surface area contributed by atoms with Crippen LogP contribution in [0.2, 0.25) is 0 Å². The van der Waals surface area contributed by atoms with Crippen molar-refractivity contribution in [1.82, 2.24) is 10.3 Å². The standard InChI is InChI=1S/C21H20FN3O3/c1-12-16-11-19(24-18(16)7-6-17(12)22)20(26)23-13(2)14-4-3-5-15(10-14)25-8-9-28-21(25)27/h3-7,10-11,13,24H,8-9H2,1-2H3,(H,23,26). The fourth-order valence-electron chi connectivity index (χ4n) is 3.39. The summed E-state index contributed by atoms with van der Waals surface area (Å²) in [6, 6.07) is 11.8. The average Bonchev–Trinajstić information content (AvgIpc) is 3.31. The number of aromatic nitrogens is 1. The van der Waals surface area contributed by atoms with Gasteiger partial charge >= 0.3 is 6.09 Å². The van der Waals surface area contributed by atoms with Gasteiger partial charge in [-0.2, -0.15) is 0 Å². The zero-order valence-corrected chi connectivity index (χ0v) is 15.6. The molecule has 2 N–H and O–H groups in total. The van der Waals surface area contributed by atoms with Crippen LogP contribution in [0.3, 0.4) is 0 Å². The maximum Gasteiger partial charge on any atom is 0.414 e. The quantitative estimate of drug-likeness (QED) is 0.716. The molecule has 1 aliphatic rings. The van der Waals surface area contributed by atoms with Gasteiger partial charge in [0.1, 0.15) is 18.1 Å². The first-order valence-corrected chi connectivity index (χ1v) is 9.07. The number of nitrogens with one attached hydrogen (secondary N) is 2. The molecule has 2 heterocycles. The minimum Gasteiger partial charge on any atom is -0.447 e. The Kier molecular flexibility index (Phi) is 4.50. The lowest BCUT2D eigenvalue weighted by Crippen LogP contribution is -2.27. The molecule has 1 atom stereocenters. The summed E-state index contributed by atoms with van der Waals surface area (Å²) >= 11 is 0. The Balaban J connectivity index is 1.53. The molecular weight excluding hydrogens is 361 g/mol. The van der Waals surface area contributed by atoms with Gasteiger partial charge in [0, 0.05) is 16.6 Å². The van der Waals surface area contributed by atoms with E-state index in [0.29, 0.717) is 35.3 Å². The minimum atomic E-state index is -0.366. The molecule has 2 amide bonds. The van der Waals surface area contributed by atoms with Crippen molar-refractivity contribution in [3.05, 3.63) is 65.1 Å². The zero-order chi connectivity index (χ0) is 19.8. The maximum absolute atomic E-state index is 13.7. The lowest BCUT2D eigenvalue weighted by molar-refractivity contribution is 0.0935. The molecule has 3 aromatic rings. The Morgan fingerprint density at radius 1 is 1.29 bits per heavy atom. The number of carbonyl (C=O) groups excluding carboxylic acids is 2. The van der Waals surface area contributed by atoms with Gasteiger partial charge in [-0.1, -0.05) is 12.1 Å². The van der Waals surface area contributed by atoms with Crippen LogP contribution in [0, 0.1) is 12.7 Å². The molecule has 144 valence electrons. The van der Waals surface area contributed by atoms with Crippen LogP contribution in [0.5, 0.6) is 0 Å². The van der Waals surface area contributed by atoms with E-state index >= 15 is 0 Å². The number of amides is 2. The van der Waals surface area contributed by atoms with E-state index in [4.69, 9.17) is 4.74 Å². The lowest BCUT2D eigenvalue weighted by atomic mass is 10.1. The largest absolute Gasteiger partial charge is 0.447 e. The van der Waals surface area contributed by atoms with Crippen LogP contribution in [-0.4, -0.2) is 30.1 Å². The molecule has 1 saturated heterocycles. The molecule has 1 aliphatic heterocycles. The highest BCUT2D eigenvalue weighted by Gasteiger charge is 2.24. The lowest BCUT2D eigenvalue weighted by Gasteiger charge is -2.18. The van der Waals surface area contributed by atoms with Crippen molar-refractivity contribution in [2.75, 3.05) is 18.1 Å². The molecule has 4 rings (SSSR count). The second-order valence-electron chi connectivity index (χ2n) is 6.87. The third-order valence-corrected chi connectivity index (χ3v) is 5.04. The first-order valence-electron chi connectivity index (χ1n) is 9.07. The number of cyclic esters (lactones) is 1. The molecule has 0 saturated carbocycles. The number of halogens is 1. The first kappa shape index (κ1) is 18.0. The molecule has 1 fully saturated rings. The molecule has 0 spiro atoms. The molecule has 6 nitrogen and oxygen atoms in total. The Bertz CT molecular complexity index is 1080. The van der Waals surface area contributed by atoms with Crippen molar-refractivity contribution < 1.29 is 18.7 Å². The second kappa shape index (κ2) is 6.99. The highest BCUT2D eigenvalue weighted by atomic mass is 19.1. The van der Waals surface area contributed by atoms with Crippen LogP contribution < -0.4 is 10.2 Å². The van der Waals surface area contributed by atoms with E-state index in [2.05, 4.69) is 10.3 Å². The van der Waals surface area contributed by atoms with E-state index in [1.165, 1.54) is 6.07 Å². The van der Waals surface area contributed by atoms with E-state index in [1.807, 2.05) is 31.2 Å². The summed E-state index contributed by atoms with van der Waals surface area (Å²) in [7, 11) is 0. The van der Waals surface area contributed by atoms with Gasteiger partial charge in [0.25, 0.3) is 5.91 Å². The molecule has 0 radical (unpaired) electrons. The molecule has 7 heteroatoms. The van der Waals surface area contributed by atoms with Gasteiger partial charge in [-0.25, -0.2) is 9.18 Å². The number of aromatic amines is 1. The molecular formula is C21H20FN3O3. The number of H-pyrrole nitrogens is 1. The summed E-state index contributed by atoms with van der Waals surface area (Å²) in [5.74, 6) is -0.585. The van der Waals surface area contributed by atoms with E-state index in [0.717, 1.165) is 11.3 Å². The SMILES string of the molecule is Cc1c(F)ccc2[nH]c(C(=O)NC(C)c3cccc(N4CCOC4=O)c3)cc12. The molecule has 2 aromatic carbocycles. The zero-order valence-electron chi connectivity index (χ0n) is 15.6. The summed E-state index contributed by atoms with van der Waals surface area (Å²) in [6.07, 6.45) is -0.366. The van der Waals surface area contributed by atoms with E-state index < -0.39 is 0 Å². The van der Waals surface area contributed by atoms with Crippen molar-refractivity contribution in [1.29, 1.82) is 0 Å². The summed E-state index contributed by atoms with van der Waals surface area (Å²) in [6.45, 7) is 4.43. The third-order valence-electron chi connectivity index (χ3n) is 5.04. The van der Waals surface area contributed by atoms with Gasteiger partial charge in [-0.05, 0) is 55.3 Å². The number of nitrogens with zero attached hydrogens (tertiary/aromatic N) is 1. The van der Waals surface area contributed by atoms with Crippen LogP contribution in [0.25, 0.3) is 10.9 Å². The Hall–Kier alpha value is -3.35. The number of fused-ring (bicyclic) bond motifs is 1. The van der Waals surface area contributed by atoms with Crippen molar-refractivity contribution >= 4 is 28.6 Å². The van der Waals surface area contributed by atoms with E-state index in [1.54, 1.807) is 24.0 Å². The topological polar surface area (TPSA) is 74.4 Å². The van der Waals surface area contributed by atoms with Crippen LogP contribution in [0.1, 0.15) is 34.6 Å². The Labute approximate surface area is 161 Å². The number of rotatable bonds is 4. The smallest absolute Gasteiger partial charge is 0.414 e. The summed E-state index contributed by atoms with van der Waals surface area (Å²) in [5, 5.41) is 3.63. The normalized spacial score (nSPS) is 15.0. The molecule has 1 unspecified atom stereocenters. The van der Waals surface area contributed by atoms with Gasteiger partial charge in [0.15, 0.2) is 0 Å². The number of aryl methyl sites for hydroxylation is 1. The van der Waals surface area contributed by atoms with E-state index in [-0.39, 0.29) is 23.9 Å². The van der Waals surface area contributed by atoms with Crippen LogP contribution >= 0.6 is 0 Å². The van der Waals surface area contributed by atoms with Crippen LogP contribution in [0.4, 0.5) is 14.9 Å². The first-order chi connectivity index (χ1) is 13.4. The van der Waals surface area contributed by atoms with E-state index in [9.17, 15) is 14.0 Å². The van der Waals surface area contributed by atoms with Gasteiger partial charge in [0.2, 0.25) is 0 Å². The fraction of sp³-hybridized carbons (Fsp3) is 0.238. The third kappa shape index (κ3) is 3.19.